The van der Waals surface area contributed by atoms with Crippen LogP contribution >= 0.6 is 15.9 Å². The van der Waals surface area contributed by atoms with Crippen LogP contribution in [-0.4, -0.2) is 22.8 Å². The van der Waals surface area contributed by atoms with E-state index in [-0.39, 0.29) is 11.6 Å². The van der Waals surface area contributed by atoms with E-state index in [0.717, 1.165) is 46.8 Å². The topological polar surface area (TPSA) is 44.1 Å². The van der Waals surface area contributed by atoms with Gasteiger partial charge in [-0.2, -0.15) is 0 Å². The predicted molar refractivity (Wildman–Crippen MR) is 90.3 cm³/mol. The van der Waals surface area contributed by atoms with Crippen molar-refractivity contribution in [1.82, 2.24) is 9.55 Å². The number of rotatable bonds is 1. The third kappa shape index (κ3) is 2.16. The Bertz CT molecular complexity index is 914. The van der Waals surface area contributed by atoms with Gasteiger partial charge in [-0.25, -0.2) is 0 Å². The van der Waals surface area contributed by atoms with E-state index in [1.807, 2.05) is 35.0 Å². The fraction of sp³-hybridized carbons (Fsp3) is 0.294. The number of nitrogens with zero attached hydrogens (tertiary/aromatic N) is 2. The smallest absolute Gasteiger partial charge is 0.258 e. The second-order valence-corrected chi connectivity index (χ2v) is 6.45. The van der Waals surface area contributed by atoms with Gasteiger partial charge in [0.1, 0.15) is 0 Å². The summed E-state index contributed by atoms with van der Waals surface area (Å²) in [6, 6.07) is 8.06. The monoisotopic (exact) mass is 358 g/mol. The number of ether oxygens (including phenoxy) is 1. The number of aromatic nitrogens is 2. The summed E-state index contributed by atoms with van der Waals surface area (Å²) in [5.74, 6) is 0. The van der Waals surface area contributed by atoms with Crippen LogP contribution in [0.1, 0.15) is 18.9 Å². The summed E-state index contributed by atoms with van der Waals surface area (Å²) in [6.07, 6.45) is 5.44. The Hall–Kier alpha value is -1.72. The molecule has 1 saturated heterocycles. The minimum absolute atomic E-state index is 0.0534. The van der Waals surface area contributed by atoms with Crippen LogP contribution in [0.15, 0.2) is 45.9 Å². The average molecular weight is 359 g/mol. The highest BCUT2D eigenvalue weighted by atomic mass is 79.9. The second-order valence-electron chi connectivity index (χ2n) is 5.59. The molecular weight excluding hydrogens is 344 g/mol. The number of benzene rings is 1. The van der Waals surface area contributed by atoms with Crippen molar-refractivity contribution in [3.8, 4) is 0 Å². The zero-order chi connectivity index (χ0) is 15.1. The summed E-state index contributed by atoms with van der Waals surface area (Å²) < 4.78 is 8.15. The molecular formula is C17H15BrN2O2. The molecule has 1 aliphatic rings. The molecule has 0 spiro atoms. The molecule has 0 aliphatic carbocycles. The molecule has 0 atom stereocenters. The van der Waals surface area contributed by atoms with Crippen molar-refractivity contribution >= 4 is 37.6 Å². The third-order valence-electron chi connectivity index (χ3n) is 4.33. The first-order valence-electron chi connectivity index (χ1n) is 7.41. The molecule has 112 valence electrons. The van der Waals surface area contributed by atoms with Crippen LogP contribution in [0.25, 0.3) is 21.7 Å². The molecule has 22 heavy (non-hydrogen) atoms. The molecule has 5 heteroatoms. The lowest BCUT2D eigenvalue weighted by molar-refractivity contribution is 0.0688. The number of hydrogen-bond acceptors (Lipinski definition) is 3. The molecule has 2 aromatic heterocycles. The number of halogens is 1. The van der Waals surface area contributed by atoms with Crippen molar-refractivity contribution in [2.75, 3.05) is 13.2 Å². The van der Waals surface area contributed by atoms with Gasteiger partial charge in [0, 0.05) is 46.9 Å². The summed E-state index contributed by atoms with van der Waals surface area (Å²) in [5.41, 5.74) is 0.917. The van der Waals surface area contributed by atoms with Crippen molar-refractivity contribution in [3.05, 3.63) is 51.5 Å². The van der Waals surface area contributed by atoms with Gasteiger partial charge in [-0.15, -0.1) is 0 Å². The van der Waals surface area contributed by atoms with Gasteiger partial charge in [-0.1, -0.05) is 22.0 Å². The minimum Gasteiger partial charge on any atom is -0.381 e. The molecule has 3 aromatic rings. The molecule has 0 unspecified atom stereocenters. The SMILES string of the molecule is O=c1c2cc(Br)c3cccnc3c2ccn1C1CCOCC1. The molecule has 0 amide bonds. The van der Waals surface area contributed by atoms with E-state index < -0.39 is 0 Å². The van der Waals surface area contributed by atoms with Crippen molar-refractivity contribution in [3.63, 3.8) is 0 Å². The second kappa shape index (κ2) is 5.48. The molecule has 0 radical (unpaired) electrons. The summed E-state index contributed by atoms with van der Waals surface area (Å²) >= 11 is 3.56. The fourth-order valence-corrected chi connectivity index (χ4v) is 3.73. The number of fused-ring (bicyclic) bond motifs is 3. The van der Waals surface area contributed by atoms with Crippen LogP contribution in [0.4, 0.5) is 0 Å². The maximum atomic E-state index is 12.9. The van der Waals surface area contributed by atoms with Gasteiger partial charge in [0.05, 0.1) is 10.9 Å². The zero-order valence-electron chi connectivity index (χ0n) is 12.0. The molecule has 1 fully saturated rings. The lowest BCUT2D eigenvalue weighted by Crippen LogP contribution is -2.28. The molecule has 4 nitrogen and oxygen atoms in total. The van der Waals surface area contributed by atoms with Gasteiger partial charge in [-0.05, 0) is 31.0 Å². The standard InChI is InChI=1S/C17H15BrN2O2/c18-15-10-14-12(16-13(15)2-1-6-19-16)3-7-20(17(14)21)11-4-8-22-9-5-11/h1-3,6-7,10-11H,4-5,8-9H2. The van der Waals surface area contributed by atoms with E-state index in [9.17, 15) is 4.79 Å². The van der Waals surface area contributed by atoms with Gasteiger partial charge >= 0.3 is 0 Å². The fourth-order valence-electron chi connectivity index (χ4n) is 3.18. The Morgan fingerprint density at radius 2 is 2.00 bits per heavy atom. The highest BCUT2D eigenvalue weighted by Crippen LogP contribution is 2.29. The first-order valence-corrected chi connectivity index (χ1v) is 8.21. The van der Waals surface area contributed by atoms with E-state index in [2.05, 4.69) is 20.9 Å². The summed E-state index contributed by atoms with van der Waals surface area (Å²) in [6.45, 7) is 1.44. The Balaban J connectivity index is 1.99. The van der Waals surface area contributed by atoms with Crippen LogP contribution in [0.5, 0.6) is 0 Å². The molecule has 3 heterocycles. The Labute approximate surface area is 135 Å². The molecule has 0 N–H and O–H groups in total. The highest BCUT2D eigenvalue weighted by Gasteiger charge is 2.18. The van der Waals surface area contributed by atoms with E-state index in [1.165, 1.54) is 0 Å². The van der Waals surface area contributed by atoms with Crippen LogP contribution in [0.2, 0.25) is 0 Å². The summed E-state index contributed by atoms with van der Waals surface area (Å²) in [5, 5.41) is 2.65. The molecule has 0 bridgehead atoms. The van der Waals surface area contributed by atoms with E-state index in [0.29, 0.717) is 5.39 Å². The Morgan fingerprint density at radius 3 is 2.82 bits per heavy atom. The maximum Gasteiger partial charge on any atom is 0.258 e. The van der Waals surface area contributed by atoms with E-state index in [4.69, 9.17) is 4.74 Å². The lowest BCUT2D eigenvalue weighted by Gasteiger charge is -2.24. The van der Waals surface area contributed by atoms with E-state index in [1.54, 1.807) is 6.20 Å². The van der Waals surface area contributed by atoms with Crippen molar-refractivity contribution in [2.45, 2.75) is 18.9 Å². The van der Waals surface area contributed by atoms with Crippen molar-refractivity contribution in [1.29, 1.82) is 0 Å². The predicted octanol–water partition coefficient (Wildman–Crippen LogP) is 3.66. The number of hydrogen-bond donors (Lipinski definition) is 0. The van der Waals surface area contributed by atoms with Gasteiger partial charge < -0.3 is 9.30 Å². The normalized spacial score (nSPS) is 16.4. The zero-order valence-corrected chi connectivity index (χ0v) is 13.5. The molecule has 4 rings (SSSR count). The maximum absolute atomic E-state index is 12.9. The summed E-state index contributed by atoms with van der Waals surface area (Å²) in [4.78, 5) is 17.4. The van der Waals surface area contributed by atoms with Crippen LogP contribution < -0.4 is 5.56 Å². The largest absolute Gasteiger partial charge is 0.381 e. The van der Waals surface area contributed by atoms with Crippen molar-refractivity contribution in [2.24, 2.45) is 0 Å². The van der Waals surface area contributed by atoms with E-state index >= 15 is 0 Å². The molecule has 0 saturated carbocycles. The first-order chi connectivity index (χ1) is 10.8. The molecule has 1 aliphatic heterocycles. The van der Waals surface area contributed by atoms with Crippen LogP contribution in [0.3, 0.4) is 0 Å². The van der Waals surface area contributed by atoms with Gasteiger partial charge in [0.25, 0.3) is 5.56 Å². The minimum atomic E-state index is 0.0534. The first kappa shape index (κ1) is 13.9. The Kier molecular flexibility index (Phi) is 3.47. The van der Waals surface area contributed by atoms with Crippen molar-refractivity contribution < 1.29 is 4.74 Å². The molecule has 1 aromatic carbocycles. The van der Waals surface area contributed by atoms with Gasteiger partial charge in [0.15, 0.2) is 0 Å². The van der Waals surface area contributed by atoms with Crippen LogP contribution in [0, 0.1) is 0 Å². The Morgan fingerprint density at radius 1 is 1.18 bits per heavy atom. The highest BCUT2D eigenvalue weighted by molar-refractivity contribution is 9.10. The summed E-state index contributed by atoms with van der Waals surface area (Å²) in [7, 11) is 0. The van der Waals surface area contributed by atoms with Crippen LogP contribution in [-0.2, 0) is 4.74 Å². The van der Waals surface area contributed by atoms with Gasteiger partial charge in [-0.3, -0.25) is 9.78 Å². The van der Waals surface area contributed by atoms with Gasteiger partial charge in [0.2, 0.25) is 0 Å². The number of pyridine rings is 2. The average Bonchev–Trinajstić information content (AvgIpc) is 2.57. The quantitative estimate of drug-likeness (QED) is 0.623. The third-order valence-corrected chi connectivity index (χ3v) is 4.99. The lowest BCUT2D eigenvalue weighted by atomic mass is 10.1.